The van der Waals surface area contributed by atoms with Gasteiger partial charge in [-0.15, -0.1) is 0 Å². The third kappa shape index (κ3) is 4.66. The first-order chi connectivity index (χ1) is 13.3. The molecule has 1 aromatic heterocycles. The van der Waals surface area contributed by atoms with Crippen molar-refractivity contribution in [1.82, 2.24) is 14.9 Å². The highest BCUT2D eigenvalue weighted by molar-refractivity contribution is 5.94. The molecule has 0 N–H and O–H groups in total. The van der Waals surface area contributed by atoms with E-state index in [1.54, 1.807) is 12.1 Å². The maximum Gasteiger partial charge on any atom is 0.254 e. The van der Waals surface area contributed by atoms with Crippen LogP contribution in [0.15, 0.2) is 30.3 Å². The largest absolute Gasteiger partial charge is 0.355 e. The fraction of sp³-hybridized carbons (Fsp3) is 0.500. The third-order valence-electron chi connectivity index (χ3n) is 5.04. The van der Waals surface area contributed by atoms with Gasteiger partial charge < -0.3 is 9.80 Å². The molecule has 1 aromatic carbocycles. The van der Waals surface area contributed by atoms with E-state index in [0.29, 0.717) is 31.1 Å². The van der Waals surface area contributed by atoms with Gasteiger partial charge in [0.1, 0.15) is 17.5 Å². The molecule has 1 amide bonds. The van der Waals surface area contributed by atoms with E-state index in [0.717, 1.165) is 30.3 Å². The number of hydrogen-bond donors (Lipinski definition) is 0. The maximum absolute atomic E-state index is 13.5. The van der Waals surface area contributed by atoms with Gasteiger partial charge in [-0.3, -0.25) is 4.79 Å². The molecule has 150 valence electrons. The van der Waals surface area contributed by atoms with Crippen molar-refractivity contribution in [1.29, 1.82) is 0 Å². The second-order valence-corrected chi connectivity index (χ2v) is 7.96. The molecule has 0 spiro atoms. The van der Waals surface area contributed by atoms with Gasteiger partial charge in [0, 0.05) is 49.4 Å². The Morgan fingerprint density at radius 3 is 2.46 bits per heavy atom. The fourth-order valence-corrected chi connectivity index (χ4v) is 3.34. The molecule has 0 bridgehead atoms. The van der Waals surface area contributed by atoms with Crippen LogP contribution in [0.25, 0.3) is 0 Å². The van der Waals surface area contributed by atoms with Crippen LogP contribution in [-0.2, 0) is 0 Å². The van der Waals surface area contributed by atoms with Crippen LogP contribution in [0, 0.1) is 5.82 Å². The molecule has 1 aliphatic heterocycles. The number of amides is 1. The Balaban J connectivity index is 1.77. The lowest BCUT2D eigenvalue weighted by Crippen LogP contribution is -2.35. The summed E-state index contributed by atoms with van der Waals surface area (Å²) in [6.07, 6.45) is 0.846. The van der Waals surface area contributed by atoms with Crippen molar-refractivity contribution < 1.29 is 9.18 Å². The smallest absolute Gasteiger partial charge is 0.254 e. The van der Waals surface area contributed by atoms with E-state index in [9.17, 15) is 9.18 Å². The van der Waals surface area contributed by atoms with Gasteiger partial charge in [0.15, 0.2) is 0 Å². The van der Waals surface area contributed by atoms with E-state index in [1.807, 2.05) is 4.90 Å². The van der Waals surface area contributed by atoms with Crippen molar-refractivity contribution in [2.45, 2.75) is 46.0 Å². The van der Waals surface area contributed by atoms with Gasteiger partial charge >= 0.3 is 0 Å². The average molecular weight is 384 g/mol. The number of hydrogen-bond acceptors (Lipinski definition) is 4. The van der Waals surface area contributed by atoms with E-state index < -0.39 is 0 Å². The first-order valence-corrected chi connectivity index (χ1v) is 10.0. The monoisotopic (exact) mass is 384 g/mol. The lowest BCUT2D eigenvalue weighted by atomic mass is 10.1. The molecular formula is C22H29FN4O. The quantitative estimate of drug-likeness (QED) is 0.792. The topological polar surface area (TPSA) is 49.3 Å². The zero-order valence-electron chi connectivity index (χ0n) is 17.2. The van der Waals surface area contributed by atoms with Crippen LogP contribution in [0.5, 0.6) is 0 Å². The van der Waals surface area contributed by atoms with Crippen LogP contribution >= 0.6 is 0 Å². The number of rotatable bonds is 4. The van der Waals surface area contributed by atoms with Gasteiger partial charge in [-0.2, -0.15) is 0 Å². The summed E-state index contributed by atoms with van der Waals surface area (Å²) >= 11 is 0. The zero-order chi connectivity index (χ0) is 20.3. The predicted octanol–water partition coefficient (Wildman–Crippen LogP) is 4.22. The lowest BCUT2D eigenvalue weighted by molar-refractivity contribution is 0.0766. The highest BCUT2D eigenvalue weighted by Gasteiger charge is 2.22. The van der Waals surface area contributed by atoms with Gasteiger partial charge in [-0.25, -0.2) is 14.4 Å². The Morgan fingerprint density at radius 2 is 1.79 bits per heavy atom. The summed E-state index contributed by atoms with van der Waals surface area (Å²) in [6, 6.07) is 7.98. The van der Waals surface area contributed by atoms with Gasteiger partial charge in [0.05, 0.1) is 0 Å². The summed E-state index contributed by atoms with van der Waals surface area (Å²) in [5.41, 5.74) is 1.45. The Bertz CT molecular complexity index is 811. The summed E-state index contributed by atoms with van der Waals surface area (Å²) in [5, 5.41) is 0. The molecule has 1 aliphatic rings. The van der Waals surface area contributed by atoms with Crippen molar-refractivity contribution in [3.8, 4) is 0 Å². The Labute approximate surface area is 166 Å². The van der Waals surface area contributed by atoms with Crippen molar-refractivity contribution in [2.75, 3.05) is 31.1 Å². The molecule has 0 unspecified atom stereocenters. The van der Waals surface area contributed by atoms with Crippen LogP contribution in [0.3, 0.4) is 0 Å². The number of benzene rings is 1. The van der Waals surface area contributed by atoms with Crippen LogP contribution in [0.4, 0.5) is 10.2 Å². The Hall–Kier alpha value is -2.50. The summed E-state index contributed by atoms with van der Waals surface area (Å²) in [7, 11) is 0. The van der Waals surface area contributed by atoms with Crippen molar-refractivity contribution in [3.05, 3.63) is 53.2 Å². The summed E-state index contributed by atoms with van der Waals surface area (Å²) < 4.78 is 13.5. The average Bonchev–Trinajstić information content (AvgIpc) is 2.93. The van der Waals surface area contributed by atoms with E-state index >= 15 is 0 Å². The van der Waals surface area contributed by atoms with Crippen molar-refractivity contribution >= 4 is 11.7 Å². The standard InChI is InChI=1S/C22H29FN4O/c1-15(2)19-14-20(25-21(24-19)16(3)4)26-9-6-10-27(12-11-26)22(28)17-7-5-8-18(23)13-17/h5,7-8,13-16H,6,9-12H2,1-4H3. The predicted molar refractivity (Wildman–Crippen MR) is 109 cm³/mol. The van der Waals surface area contributed by atoms with Crippen molar-refractivity contribution in [2.24, 2.45) is 0 Å². The molecule has 1 fully saturated rings. The van der Waals surface area contributed by atoms with Crippen LogP contribution < -0.4 is 4.90 Å². The maximum atomic E-state index is 13.5. The van der Waals surface area contributed by atoms with E-state index in [4.69, 9.17) is 9.97 Å². The summed E-state index contributed by atoms with van der Waals surface area (Å²) in [4.78, 5) is 26.3. The number of nitrogens with zero attached hydrogens (tertiary/aromatic N) is 4. The number of anilines is 1. The van der Waals surface area contributed by atoms with Gasteiger partial charge in [0.25, 0.3) is 5.91 Å². The Morgan fingerprint density at radius 1 is 1.00 bits per heavy atom. The summed E-state index contributed by atoms with van der Waals surface area (Å²) in [6.45, 7) is 11.3. The summed E-state index contributed by atoms with van der Waals surface area (Å²) in [5.74, 6) is 1.88. The Kier molecular flexibility index (Phi) is 6.27. The molecule has 2 heterocycles. The second kappa shape index (κ2) is 8.67. The highest BCUT2D eigenvalue weighted by atomic mass is 19.1. The molecular weight excluding hydrogens is 355 g/mol. The molecule has 0 radical (unpaired) electrons. The molecule has 6 heteroatoms. The zero-order valence-corrected chi connectivity index (χ0v) is 17.2. The minimum atomic E-state index is -0.384. The number of aromatic nitrogens is 2. The molecule has 28 heavy (non-hydrogen) atoms. The molecule has 0 aliphatic carbocycles. The molecule has 2 aromatic rings. The minimum absolute atomic E-state index is 0.116. The second-order valence-electron chi connectivity index (χ2n) is 7.96. The molecule has 5 nitrogen and oxygen atoms in total. The van der Waals surface area contributed by atoms with Crippen LogP contribution in [-0.4, -0.2) is 47.0 Å². The number of carbonyl (C=O) groups excluding carboxylic acids is 1. The fourth-order valence-electron chi connectivity index (χ4n) is 3.34. The van der Waals surface area contributed by atoms with Crippen LogP contribution in [0.2, 0.25) is 0 Å². The van der Waals surface area contributed by atoms with Crippen molar-refractivity contribution in [3.63, 3.8) is 0 Å². The SMILES string of the molecule is CC(C)c1cc(N2CCCN(C(=O)c3cccc(F)c3)CC2)nc(C(C)C)n1. The number of carbonyl (C=O) groups is 1. The van der Waals surface area contributed by atoms with Gasteiger partial charge in [0.2, 0.25) is 0 Å². The third-order valence-corrected chi connectivity index (χ3v) is 5.04. The molecule has 0 atom stereocenters. The van der Waals surface area contributed by atoms with E-state index in [1.165, 1.54) is 12.1 Å². The van der Waals surface area contributed by atoms with E-state index in [-0.39, 0.29) is 17.6 Å². The molecule has 1 saturated heterocycles. The number of halogens is 1. The molecule has 0 saturated carbocycles. The van der Waals surface area contributed by atoms with Crippen LogP contribution in [0.1, 0.15) is 67.8 Å². The van der Waals surface area contributed by atoms with Gasteiger partial charge in [-0.05, 0) is 30.5 Å². The first-order valence-electron chi connectivity index (χ1n) is 10.0. The lowest BCUT2D eigenvalue weighted by Gasteiger charge is -2.24. The first kappa shape index (κ1) is 20.2. The minimum Gasteiger partial charge on any atom is -0.355 e. The highest BCUT2D eigenvalue weighted by Crippen LogP contribution is 2.23. The normalized spacial score (nSPS) is 15.2. The van der Waals surface area contributed by atoms with E-state index in [2.05, 4.69) is 38.7 Å². The van der Waals surface area contributed by atoms with Gasteiger partial charge in [-0.1, -0.05) is 33.8 Å². The molecule has 3 rings (SSSR count).